The summed E-state index contributed by atoms with van der Waals surface area (Å²) in [5.74, 6) is -0.150. The van der Waals surface area contributed by atoms with E-state index in [-0.39, 0.29) is 24.5 Å². The Bertz CT molecular complexity index is 356. The van der Waals surface area contributed by atoms with Crippen LogP contribution in [0.15, 0.2) is 0 Å². The minimum absolute atomic E-state index is 0.00519. The summed E-state index contributed by atoms with van der Waals surface area (Å²) >= 11 is 0. The van der Waals surface area contributed by atoms with Crippen molar-refractivity contribution >= 4 is 11.8 Å². The minimum atomic E-state index is -0.810. The number of hydrogen-bond acceptors (Lipinski definition) is 4. The molecule has 2 fully saturated rings. The molecule has 0 aliphatic carbocycles. The van der Waals surface area contributed by atoms with Gasteiger partial charge in [0.1, 0.15) is 5.54 Å². The van der Waals surface area contributed by atoms with Gasteiger partial charge in [-0.25, -0.2) is 0 Å². The summed E-state index contributed by atoms with van der Waals surface area (Å²) in [6.07, 6.45) is -0.00519. The van der Waals surface area contributed by atoms with E-state index in [9.17, 15) is 9.59 Å². The Morgan fingerprint density at radius 2 is 2.17 bits per heavy atom. The molecule has 2 rings (SSSR count). The van der Waals surface area contributed by atoms with Crippen LogP contribution in [0.4, 0.5) is 0 Å². The maximum Gasteiger partial charge on any atom is 0.248 e. The molecule has 0 saturated carbocycles. The normalized spacial score (nSPS) is 29.3. The fraction of sp³-hybridized carbons (Fsp3) is 0.833. The Morgan fingerprint density at radius 3 is 2.83 bits per heavy atom. The standard InChI is InChI=1S/C12H21N3O3/c1-12(2)11(17)15(8-10(16)13-12)7-9-6-14(3)4-5-18-9/h9H,4-8H2,1-3H3,(H,13,16). The minimum Gasteiger partial charge on any atom is -0.374 e. The quantitative estimate of drug-likeness (QED) is 0.691. The molecule has 0 aromatic carbocycles. The summed E-state index contributed by atoms with van der Waals surface area (Å²) < 4.78 is 5.64. The molecule has 1 atom stereocenters. The number of morpholine rings is 1. The number of carbonyl (C=O) groups is 2. The number of piperazine rings is 1. The number of amides is 2. The highest BCUT2D eigenvalue weighted by atomic mass is 16.5. The Hall–Kier alpha value is -1.14. The van der Waals surface area contributed by atoms with Crippen molar-refractivity contribution in [2.45, 2.75) is 25.5 Å². The molecule has 2 saturated heterocycles. The second-order valence-electron chi connectivity index (χ2n) is 5.61. The fourth-order valence-electron chi connectivity index (χ4n) is 2.45. The van der Waals surface area contributed by atoms with Gasteiger partial charge in [0.2, 0.25) is 11.8 Å². The molecular weight excluding hydrogens is 234 g/mol. The third kappa shape index (κ3) is 2.81. The van der Waals surface area contributed by atoms with Gasteiger partial charge in [0.15, 0.2) is 0 Å². The smallest absolute Gasteiger partial charge is 0.248 e. The summed E-state index contributed by atoms with van der Waals surface area (Å²) in [6, 6.07) is 0. The van der Waals surface area contributed by atoms with Crippen LogP contribution in [0, 0.1) is 0 Å². The van der Waals surface area contributed by atoms with Gasteiger partial charge in [0.05, 0.1) is 19.3 Å². The zero-order valence-electron chi connectivity index (χ0n) is 11.2. The molecular formula is C12H21N3O3. The number of carbonyl (C=O) groups excluding carboxylic acids is 2. The highest BCUT2D eigenvalue weighted by molar-refractivity contribution is 5.97. The molecule has 18 heavy (non-hydrogen) atoms. The summed E-state index contributed by atoms with van der Waals surface area (Å²) in [4.78, 5) is 27.5. The van der Waals surface area contributed by atoms with Crippen molar-refractivity contribution in [3.63, 3.8) is 0 Å². The Kier molecular flexibility index (Phi) is 3.59. The van der Waals surface area contributed by atoms with Crippen molar-refractivity contribution in [3.05, 3.63) is 0 Å². The van der Waals surface area contributed by atoms with Gasteiger partial charge in [-0.3, -0.25) is 9.59 Å². The van der Waals surface area contributed by atoms with Gasteiger partial charge in [0.25, 0.3) is 0 Å². The van der Waals surface area contributed by atoms with Gasteiger partial charge in [-0.05, 0) is 20.9 Å². The SMILES string of the molecule is CN1CCOC(CN2CC(=O)NC(C)(C)C2=O)C1. The topological polar surface area (TPSA) is 61.9 Å². The zero-order chi connectivity index (χ0) is 13.3. The molecule has 1 unspecified atom stereocenters. The summed E-state index contributed by atoms with van der Waals surface area (Å²) in [5, 5.41) is 2.70. The average molecular weight is 255 g/mol. The molecule has 2 amide bonds. The van der Waals surface area contributed by atoms with Gasteiger partial charge in [-0.2, -0.15) is 0 Å². The Labute approximate surface area is 107 Å². The van der Waals surface area contributed by atoms with Crippen LogP contribution >= 0.6 is 0 Å². The van der Waals surface area contributed by atoms with Gasteiger partial charge in [0, 0.05) is 19.6 Å². The van der Waals surface area contributed by atoms with E-state index in [0.717, 1.165) is 13.1 Å². The van der Waals surface area contributed by atoms with E-state index in [2.05, 4.69) is 10.2 Å². The summed E-state index contributed by atoms with van der Waals surface area (Å²) in [5.41, 5.74) is -0.810. The van der Waals surface area contributed by atoms with Crippen molar-refractivity contribution < 1.29 is 14.3 Å². The first-order valence-electron chi connectivity index (χ1n) is 6.29. The first-order valence-corrected chi connectivity index (χ1v) is 6.29. The lowest BCUT2D eigenvalue weighted by Crippen LogP contribution is -2.65. The van der Waals surface area contributed by atoms with Crippen LogP contribution in [0.5, 0.6) is 0 Å². The number of hydrogen-bond donors (Lipinski definition) is 1. The molecule has 6 heteroatoms. The fourth-order valence-corrected chi connectivity index (χ4v) is 2.45. The maximum atomic E-state index is 12.2. The van der Waals surface area contributed by atoms with E-state index >= 15 is 0 Å². The van der Waals surface area contributed by atoms with Gasteiger partial charge in [-0.1, -0.05) is 0 Å². The van der Waals surface area contributed by atoms with Gasteiger partial charge >= 0.3 is 0 Å². The van der Waals surface area contributed by atoms with E-state index in [1.165, 1.54) is 0 Å². The summed E-state index contributed by atoms with van der Waals surface area (Å²) in [6.45, 7) is 6.47. The second kappa shape index (κ2) is 4.85. The highest BCUT2D eigenvalue weighted by Crippen LogP contribution is 2.15. The molecule has 1 N–H and O–H groups in total. The van der Waals surface area contributed by atoms with Crippen molar-refractivity contribution in [2.24, 2.45) is 0 Å². The molecule has 0 aromatic rings. The molecule has 0 spiro atoms. The molecule has 2 aliphatic rings. The van der Waals surface area contributed by atoms with Crippen LogP contribution in [-0.2, 0) is 14.3 Å². The van der Waals surface area contributed by atoms with Crippen molar-refractivity contribution in [1.29, 1.82) is 0 Å². The van der Waals surface area contributed by atoms with E-state index in [4.69, 9.17) is 4.74 Å². The predicted molar refractivity (Wildman–Crippen MR) is 66.0 cm³/mol. The molecule has 2 heterocycles. The van der Waals surface area contributed by atoms with Crippen LogP contribution in [0.1, 0.15) is 13.8 Å². The molecule has 6 nitrogen and oxygen atoms in total. The predicted octanol–water partition coefficient (Wildman–Crippen LogP) is -0.946. The second-order valence-corrected chi connectivity index (χ2v) is 5.61. The van der Waals surface area contributed by atoms with Gasteiger partial charge in [-0.15, -0.1) is 0 Å². The van der Waals surface area contributed by atoms with E-state index in [1.807, 2.05) is 7.05 Å². The molecule has 0 radical (unpaired) electrons. The van der Waals surface area contributed by atoms with Gasteiger partial charge < -0.3 is 19.9 Å². The van der Waals surface area contributed by atoms with Crippen molar-refractivity contribution in [1.82, 2.24) is 15.1 Å². The monoisotopic (exact) mass is 255 g/mol. The van der Waals surface area contributed by atoms with Crippen LogP contribution in [0.3, 0.4) is 0 Å². The third-order valence-electron chi connectivity index (χ3n) is 3.37. The molecule has 0 aromatic heterocycles. The van der Waals surface area contributed by atoms with Crippen molar-refractivity contribution in [2.75, 3.05) is 39.8 Å². The number of rotatable bonds is 2. The van der Waals surface area contributed by atoms with Crippen LogP contribution in [0.25, 0.3) is 0 Å². The lowest BCUT2D eigenvalue weighted by atomic mass is 10.00. The van der Waals surface area contributed by atoms with Crippen molar-refractivity contribution in [3.8, 4) is 0 Å². The summed E-state index contributed by atoms with van der Waals surface area (Å²) in [7, 11) is 2.03. The van der Waals surface area contributed by atoms with E-state index in [0.29, 0.717) is 13.2 Å². The Balaban J connectivity index is 1.99. The first kappa shape index (κ1) is 13.3. The Morgan fingerprint density at radius 1 is 1.44 bits per heavy atom. The number of nitrogens with one attached hydrogen (secondary N) is 1. The molecule has 0 bridgehead atoms. The van der Waals surface area contributed by atoms with E-state index < -0.39 is 5.54 Å². The maximum absolute atomic E-state index is 12.2. The molecule has 102 valence electrons. The number of likely N-dealkylation sites (N-methyl/N-ethyl adjacent to an activating group) is 1. The first-order chi connectivity index (χ1) is 8.38. The van der Waals surface area contributed by atoms with Crippen LogP contribution < -0.4 is 5.32 Å². The zero-order valence-corrected chi connectivity index (χ0v) is 11.2. The van der Waals surface area contributed by atoms with Crippen LogP contribution in [0.2, 0.25) is 0 Å². The van der Waals surface area contributed by atoms with Crippen LogP contribution in [-0.4, -0.2) is 73.1 Å². The lowest BCUT2D eigenvalue weighted by molar-refractivity contribution is -0.151. The largest absolute Gasteiger partial charge is 0.374 e. The molecule has 2 aliphatic heterocycles. The third-order valence-corrected chi connectivity index (χ3v) is 3.37. The average Bonchev–Trinajstić information content (AvgIpc) is 2.24. The number of nitrogens with zero attached hydrogens (tertiary/aromatic N) is 2. The van der Waals surface area contributed by atoms with E-state index in [1.54, 1.807) is 18.7 Å². The number of ether oxygens (including phenoxy) is 1. The lowest BCUT2D eigenvalue weighted by Gasteiger charge is -2.40. The highest BCUT2D eigenvalue weighted by Gasteiger charge is 2.40.